The van der Waals surface area contributed by atoms with Gasteiger partial charge in [0, 0.05) is 0 Å². The van der Waals surface area contributed by atoms with Gasteiger partial charge in [0.25, 0.3) is 0 Å². The van der Waals surface area contributed by atoms with E-state index in [1.807, 2.05) is 0 Å². The zero-order valence-corrected chi connectivity index (χ0v) is 6.63. The lowest BCUT2D eigenvalue weighted by Crippen LogP contribution is -2.48. The predicted molar refractivity (Wildman–Crippen MR) is 38.7 cm³/mol. The summed E-state index contributed by atoms with van der Waals surface area (Å²) in [5, 5.41) is 0. The summed E-state index contributed by atoms with van der Waals surface area (Å²) in [7, 11) is 0. The van der Waals surface area contributed by atoms with Gasteiger partial charge in [-0.05, 0) is 37.5 Å². The number of ether oxygens (including phenoxy) is 1. The van der Waals surface area contributed by atoms with Gasteiger partial charge in [-0.1, -0.05) is 6.92 Å². The van der Waals surface area contributed by atoms with E-state index in [0.717, 1.165) is 17.8 Å². The Morgan fingerprint density at radius 1 is 1.40 bits per heavy atom. The van der Waals surface area contributed by atoms with Crippen molar-refractivity contribution in [2.24, 2.45) is 17.8 Å². The number of epoxide rings is 1. The molecule has 0 N–H and O–H groups in total. The topological polar surface area (TPSA) is 12.5 Å². The average Bonchev–Trinajstić information content (AvgIpc) is 2.57. The summed E-state index contributed by atoms with van der Waals surface area (Å²) in [6, 6.07) is 0. The summed E-state index contributed by atoms with van der Waals surface area (Å²) in [6.07, 6.45) is 3.47. The fourth-order valence-electron chi connectivity index (χ4n) is 3.11. The van der Waals surface area contributed by atoms with Crippen LogP contribution in [0.4, 0.5) is 0 Å². The Hall–Kier alpha value is -0.0400. The fraction of sp³-hybridized carbons (Fsp3) is 1.00. The molecule has 0 amide bonds. The minimum Gasteiger partial charge on any atom is -0.366 e. The Labute approximate surface area is 61.8 Å². The van der Waals surface area contributed by atoms with Crippen LogP contribution in [0.1, 0.15) is 26.7 Å². The van der Waals surface area contributed by atoms with E-state index < -0.39 is 0 Å². The summed E-state index contributed by atoms with van der Waals surface area (Å²) in [5.41, 5.74) is 0.341. The van der Waals surface area contributed by atoms with Crippen molar-refractivity contribution in [2.75, 3.05) is 0 Å². The molecule has 1 aliphatic heterocycles. The molecule has 0 spiro atoms. The second kappa shape index (κ2) is 1.29. The lowest BCUT2D eigenvalue weighted by Gasteiger charge is -2.48. The van der Waals surface area contributed by atoms with Gasteiger partial charge < -0.3 is 4.74 Å². The second-order valence-electron chi connectivity index (χ2n) is 4.49. The van der Waals surface area contributed by atoms with Gasteiger partial charge in [0.15, 0.2) is 0 Å². The molecule has 4 fully saturated rings. The van der Waals surface area contributed by atoms with Crippen molar-refractivity contribution in [3.05, 3.63) is 0 Å². The first-order valence-electron chi connectivity index (χ1n) is 4.39. The first-order chi connectivity index (χ1) is 4.72. The smallest absolute Gasteiger partial charge is 0.0951 e. The van der Waals surface area contributed by atoms with Crippen LogP contribution in [-0.2, 0) is 4.74 Å². The maximum atomic E-state index is 5.69. The van der Waals surface area contributed by atoms with E-state index in [9.17, 15) is 0 Å². The molecule has 0 aromatic carbocycles. The average molecular weight is 138 g/mol. The van der Waals surface area contributed by atoms with Crippen molar-refractivity contribution < 1.29 is 4.74 Å². The van der Waals surface area contributed by atoms with Crippen LogP contribution in [0.15, 0.2) is 0 Å². The lowest BCUT2D eigenvalue weighted by molar-refractivity contribution is 0.00827. The van der Waals surface area contributed by atoms with Gasteiger partial charge in [0.2, 0.25) is 0 Å². The molecule has 0 unspecified atom stereocenters. The van der Waals surface area contributed by atoms with Gasteiger partial charge >= 0.3 is 0 Å². The highest BCUT2D eigenvalue weighted by molar-refractivity contribution is 5.16. The quantitative estimate of drug-likeness (QED) is 0.465. The molecule has 4 aliphatic rings. The normalized spacial score (nSPS) is 70.2. The zero-order valence-electron chi connectivity index (χ0n) is 6.63. The minimum absolute atomic E-state index is 0.341. The number of rotatable bonds is 0. The third-order valence-corrected chi connectivity index (χ3v) is 4.17. The van der Waals surface area contributed by atoms with Crippen LogP contribution in [0.25, 0.3) is 0 Å². The SMILES string of the molecule is C[C@H]1[C@H]2C[C@@H]3O[C@]3(C)[C@@H]1C2. The molecule has 1 heterocycles. The summed E-state index contributed by atoms with van der Waals surface area (Å²) >= 11 is 0. The van der Waals surface area contributed by atoms with Crippen molar-refractivity contribution in [3.63, 3.8) is 0 Å². The minimum atomic E-state index is 0.341. The van der Waals surface area contributed by atoms with Crippen LogP contribution in [0.2, 0.25) is 0 Å². The van der Waals surface area contributed by atoms with Crippen molar-refractivity contribution >= 4 is 0 Å². The highest BCUT2D eigenvalue weighted by Gasteiger charge is 2.68. The molecule has 4 rings (SSSR count). The first-order valence-corrected chi connectivity index (χ1v) is 4.39. The van der Waals surface area contributed by atoms with Gasteiger partial charge in [0.05, 0.1) is 11.7 Å². The van der Waals surface area contributed by atoms with Gasteiger partial charge in [-0.2, -0.15) is 0 Å². The molecule has 0 aromatic rings. The molecule has 1 saturated heterocycles. The molecule has 10 heavy (non-hydrogen) atoms. The molecular weight excluding hydrogens is 124 g/mol. The highest BCUT2D eigenvalue weighted by atomic mass is 16.6. The van der Waals surface area contributed by atoms with Crippen molar-refractivity contribution in [3.8, 4) is 0 Å². The Morgan fingerprint density at radius 2 is 2.20 bits per heavy atom. The van der Waals surface area contributed by atoms with Crippen LogP contribution in [0.5, 0.6) is 0 Å². The van der Waals surface area contributed by atoms with E-state index in [0.29, 0.717) is 11.7 Å². The number of hydrogen-bond donors (Lipinski definition) is 0. The van der Waals surface area contributed by atoms with Gasteiger partial charge in [-0.25, -0.2) is 0 Å². The van der Waals surface area contributed by atoms with Crippen LogP contribution in [0.3, 0.4) is 0 Å². The maximum Gasteiger partial charge on any atom is 0.0951 e. The standard InChI is InChI=1S/C9H14O/c1-5-6-3-7(5)9(2)8(4-6)10-9/h5-8H,3-4H2,1-2H3/t5-,6+,7+,8-,9+/m0/s1. The fourth-order valence-corrected chi connectivity index (χ4v) is 3.11. The van der Waals surface area contributed by atoms with Gasteiger partial charge in [-0.3, -0.25) is 0 Å². The van der Waals surface area contributed by atoms with Crippen LogP contribution in [-0.4, -0.2) is 11.7 Å². The lowest BCUT2D eigenvalue weighted by atomic mass is 9.54. The predicted octanol–water partition coefficient (Wildman–Crippen LogP) is 1.82. The third kappa shape index (κ3) is 0.402. The Balaban J connectivity index is 1.94. The molecule has 56 valence electrons. The monoisotopic (exact) mass is 138 g/mol. The summed E-state index contributed by atoms with van der Waals surface area (Å²) in [6.45, 7) is 4.69. The Kier molecular flexibility index (Phi) is 0.722. The summed E-state index contributed by atoms with van der Waals surface area (Å²) < 4.78 is 5.69. The third-order valence-electron chi connectivity index (χ3n) is 4.17. The van der Waals surface area contributed by atoms with Crippen molar-refractivity contribution in [1.29, 1.82) is 0 Å². The molecule has 0 aromatic heterocycles. The molecule has 2 bridgehead atoms. The molecule has 5 atom stereocenters. The van der Waals surface area contributed by atoms with E-state index in [1.54, 1.807) is 0 Å². The van der Waals surface area contributed by atoms with Crippen LogP contribution >= 0.6 is 0 Å². The molecule has 3 aliphatic carbocycles. The van der Waals surface area contributed by atoms with Crippen molar-refractivity contribution in [1.82, 2.24) is 0 Å². The molecular formula is C9H14O. The highest BCUT2D eigenvalue weighted by Crippen LogP contribution is 2.64. The number of hydrogen-bond acceptors (Lipinski definition) is 1. The van der Waals surface area contributed by atoms with Gasteiger partial charge in [-0.15, -0.1) is 0 Å². The van der Waals surface area contributed by atoms with Crippen LogP contribution < -0.4 is 0 Å². The Bertz CT molecular complexity index is 189. The van der Waals surface area contributed by atoms with E-state index in [-0.39, 0.29) is 0 Å². The Morgan fingerprint density at radius 3 is 2.70 bits per heavy atom. The molecule has 1 nitrogen and oxygen atoms in total. The van der Waals surface area contributed by atoms with E-state index in [4.69, 9.17) is 4.74 Å². The molecule has 3 saturated carbocycles. The molecule has 1 heteroatoms. The first kappa shape index (κ1) is 5.59. The van der Waals surface area contributed by atoms with Crippen molar-refractivity contribution in [2.45, 2.75) is 38.4 Å². The zero-order chi connectivity index (χ0) is 6.93. The summed E-state index contributed by atoms with van der Waals surface area (Å²) in [5.74, 6) is 2.89. The molecule has 0 radical (unpaired) electrons. The van der Waals surface area contributed by atoms with Crippen LogP contribution in [0, 0.1) is 17.8 Å². The maximum absolute atomic E-state index is 5.69. The second-order valence-corrected chi connectivity index (χ2v) is 4.49. The van der Waals surface area contributed by atoms with E-state index in [1.165, 1.54) is 12.8 Å². The summed E-state index contributed by atoms with van der Waals surface area (Å²) in [4.78, 5) is 0. The van der Waals surface area contributed by atoms with Gasteiger partial charge in [0.1, 0.15) is 0 Å². The largest absolute Gasteiger partial charge is 0.366 e. The van der Waals surface area contributed by atoms with E-state index >= 15 is 0 Å². The van der Waals surface area contributed by atoms with E-state index in [2.05, 4.69) is 13.8 Å².